The molecule has 0 radical (unpaired) electrons. The highest BCUT2D eigenvalue weighted by Crippen LogP contribution is 2.30. The van der Waals surface area contributed by atoms with E-state index in [9.17, 15) is 4.79 Å². The molecule has 2 aromatic heterocycles. The lowest BCUT2D eigenvalue weighted by molar-refractivity contribution is 0.196. The molecule has 9 nitrogen and oxygen atoms in total. The first-order valence-corrected chi connectivity index (χ1v) is 10.7. The lowest BCUT2D eigenvalue weighted by Gasteiger charge is -2.15. The van der Waals surface area contributed by atoms with Gasteiger partial charge < -0.3 is 10.1 Å². The van der Waals surface area contributed by atoms with Crippen LogP contribution in [-0.2, 0) is 0 Å². The monoisotopic (exact) mass is 463 g/mol. The highest BCUT2D eigenvalue weighted by atomic mass is 35.5. The molecule has 1 amide bonds. The van der Waals surface area contributed by atoms with Crippen molar-refractivity contribution in [3.63, 3.8) is 0 Å². The Labute approximate surface area is 195 Å². The van der Waals surface area contributed by atoms with Gasteiger partial charge >= 0.3 is 6.09 Å². The molecule has 0 aliphatic rings. The molecule has 33 heavy (non-hydrogen) atoms. The van der Waals surface area contributed by atoms with Crippen molar-refractivity contribution in [2.45, 2.75) is 32.7 Å². The number of ether oxygens (including phenoxy) is 1. The van der Waals surface area contributed by atoms with Crippen LogP contribution in [0.25, 0.3) is 16.8 Å². The molecule has 2 heterocycles. The minimum absolute atomic E-state index is 0.0969. The fourth-order valence-corrected chi connectivity index (χ4v) is 3.36. The quantitative estimate of drug-likeness (QED) is 0.439. The first-order chi connectivity index (χ1) is 15.9. The van der Waals surface area contributed by atoms with Gasteiger partial charge in [0.05, 0.1) is 23.6 Å². The maximum Gasteiger partial charge on any atom is 0.413 e. The van der Waals surface area contributed by atoms with Gasteiger partial charge in [-0.3, -0.25) is 9.97 Å². The molecule has 1 N–H and O–H groups in total. The van der Waals surface area contributed by atoms with E-state index in [1.165, 1.54) is 0 Å². The van der Waals surface area contributed by atoms with Crippen molar-refractivity contribution >= 4 is 17.7 Å². The third kappa shape index (κ3) is 5.32. The van der Waals surface area contributed by atoms with E-state index in [0.29, 0.717) is 28.0 Å². The molecule has 0 bridgehead atoms. The molecule has 0 saturated carbocycles. The summed E-state index contributed by atoms with van der Waals surface area (Å²) in [5, 5.41) is 15.5. The number of nitrogens with zero attached hydrogens (tertiary/aromatic N) is 6. The molecule has 168 valence electrons. The fourth-order valence-electron chi connectivity index (χ4n) is 3.23. The van der Waals surface area contributed by atoms with Gasteiger partial charge in [0, 0.05) is 29.4 Å². The SMILES string of the molecule is CC(C)c1nnnn1-c1cc(OC(=O)N[C@@H](C)c2cnccn2)cc(-c2ccc(Cl)cc2)c1. The van der Waals surface area contributed by atoms with E-state index < -0.39 is 6.09 Å². The average molecular weight is 464 g/mol. The molecule has 0 aliphatic heterocycles. The molecule has 4 aromatic rings. The van der Waals surface area contributed by atoms with Crippen LogP contribution in [0.1, 0.15) is 44.2 Å². The first-order valence-electron chi connectivity index (χ1n) is 10.3. The largest absolute Gasteiger partial charge is 0.413 e. The smallest absolute Gasteiger partial charge is 0.410 e. The van der Waals surface area contributed by atoms with Crippen LogP contribution in [0.2, 0.25) is 5.02 Å². The molecule has 2 aromatic carbocycles. The van der Waals surface area contributed by atoms with Crippen LogP contribution in [0.3, 0.4) is 0 Å². The zero-order valence-electron chi connectivity index (χ0n) is 18.3. The summed E-state index contributed by atoms with van der Waals surface area (Å²) in [5.74, 6) is 1.13. The standard InChI is InChI=1S/C23H22ClN7O2/c1-14(2)22-28-29-30-31(22)19-10-17(16-4-6-18(24)7-5-16)11-20(12-19)33-23(32)27-15(3)21-13-25-8-9-26-21/h4-15H,1-3H3,(H,27,32)/t15-/m0/s1. The molecule has 10 heteroatoms. The van der Waals surface area contributed by atoms with Gasteiger partial charge in [-0.05, 0) is 52.7 Å². The summed E-state index contributed by atoms with van der Waals surface area (Å²) in [7, 11) is 0. The van der Waals surface area contributed by atoms with Gasteiger partial charge in [0.2, 0.25) is 0 Å². The Hall–Kier alpha value is -3.85. The Kier molecular flexibility index (Phi) is 6.60. The Bertz CT molecular complexity index is 1240. The van der Waals surface area contributed by atoms with Gasteiger partial charge in [-0.15, -0.1) is 5.10 Å². The highest BCUT2D eigenvalue weighted by molar-refractivity contribution is 6.30. The third-order valence-electron chi connectivity index (χ3n) is 4.90. The summed E-state index contributed by atoms with van der Waals surface area (Å²) >= 11 is 6.05. The van der Waals surface area contributed by atoms with Crippen molar-refractivity contribution in [2.75, 3.05) is 0 Å². The third-order valence-corrected chi connectivity index (χ3v) is 5.15. The van der Waals surface area contributed by atoms with Crippen LogP contribution in [-0.4, -0.2) is 36.3 Å². The number of carbonyl (C=O) groups is 1. The number of aromatic nitrogens is 6. The number of tetrazole rings is 1. The predicted octanol–water partition coefficient (Wildman–Crippen LogP) is 4.75. The molecular formula is C23H22ClN7O2. The summed E-state index contributed by atoms with van der Waals surface area (Å²) in [5.41, 5.74) is 3.01. The van der Waals surface area contributed by atoms with E-state index in [4.69, 9.17) is 16.3 Å². The summed E-state index contributed by atoms with van der Waals surface area (Å²) in [6, 6.07) is 12.4. The van der Waals surface area contributed by atoms with E-state index in [-0.39, 0.29) is 12.0 Å². The second-order valence-electron chi connectivity index (χ2n) is 7.71. The Balaban J connectivity index is 1.66. The minimum atomic E-state index is -0.617. The maximum atomic E-state index is 12.6. The second-order valence-corrected chi connectivity index (χ2v) is 8.15. The Morgan fingerprint density at radius 2 is 1.85 bits per heavy atom. The van der Waals surface area contributed by atoms with Gasteiger partial charge in [0.25, 0.3) is 0 Å². The normalized spacial score (nSPS) is 11.9. The van der Waals surface area contributed by atoms with Gasteiger partial charge in [-0.2, -0.15) is 4.68 Å². The molecule has 4 rings (SSSR count). The van der Waals surface area contributed by atoms with Crippen molar-refractivity contribution in [1.82, 2.24) is 35.5 Å². The van der Waals surface area contributed by atoms with Crippen molar-refractivity contribution in [2.24, 2.45) is 0 Å². The molecular weight excluding hydrogens is 442 g/mol. The van der Waals surface area contributed by atoms with Crippen LogP contribution in [0.4, 0.5) is 4.79 Å². The number of halogens is 1. The van der Waals surface area contributed by atoms with Gasteiger partial charge in [0.15, 0.2) is 5.82 Å². The molecule has 0 aliphatic carbocycles. The molecule has 0 spiro atoms. The van der Waals surface area contributed by atoms with Crippen LogP contribution < -0.4 is 10.1 Å². The van der Waals surface area contributed by atoms with Crippen LogP contribution in [0.15, 0.2) is 61.1 Å². The van der Waals surface area contributed by atoms with E-state index in [0.717, 1.165) is 11.1 Å². The number of hydrogen-bond acceptors (Lipinski definition) is 7. The fraction of sp³-hybridized carbons (Fsp3) is 0.217. The van der Waals surface area contributed by atoms with Gasteiger partial charge in [-0.1, -0.05) is 37.6 Å². The van der Waals surface area contributed by atoms with Crippen LogP contribution in [0, 0.1) is 0 Å². The van der Waals surface area contributed by atoms with E-state index >= 15 is 0 Å². The molecule has 0 fully saturated rings. The maximum absolute atomic E-state index is 12.6. The van der Waals surface area contributed by atoms with Crippen LogP contribution in [0.5, 0.6) is 5.75 Å². The summed E-state index contributed by atoms with van der Waals surface area (Å²) in [6.07, 6.45) is 4.12. The Morgan fingerprint density at radius 3 is 2.55 bits per heavy atom. The molecule has 0 unspecified atom stereocenters. The van der Waals surface area contributed by atoms with Crippen molar-refractivity contribution in [3.05, 3.63) is 77.6 Å². The van der Waals surface area contributed by atoms with Crippen molar-refractivity contribution in [1.29, 1.82) is 0 Å². The number of rotatable bonds is 6. The topological polar surface area (TPSA) is 108 Å². The van der Waals surface area contributed by atoms with Crippen molar-refractivity contribution < 1.29 is 9.53 Å². The van der Waals surface area contributed by atoms with E-state index in [1.54, 1.807) is 54.5 Å². The van der Waals surface area contributed by atoms with Crippen LogP contribution >= 0.6 is 11.6 Å². The zero-order chi connectivity index (χ0) is 23.4. The lowest BCUT2D eigenvalue weighted by atomic mass is 10.0. The number of carbonyl (C=O) groups excluding carboxylic acids is 1. The predicted molar refractivity (Wildman–Crippen MR) is 123 cm³/mol. The summed E-state index contributed by atoms with van der Waals surface area (Å²) in [6.45, 7) is 5.81. The number of nitrogens with one attached hydrogen (secondary N) is 1. The summed E-state index contributed by atoms with van der Waals surface area (Å²) in [4.78, 5) is 20.8. The van der Waals surface area contributed by atoms with E-state index in [2.05, 4.69) is 30.8 Å². The second kappa shape index (κ2) is 9.74. The zero-order valence-corrected chi connectivity index (χ0v) is 19.1. The highest BCUT2D eigenvalue weighted by Gasteiger charge is 2.17. The molecule has 0 saturated heterocycles. The minimum Gasteiger partial charge on any atom is -0.410 e. The lowest BCUT2D eigenvalue weighted by Crippen LogP contribution is -2.30. The van der Waals surface area contributed by atoms with E-state index in [1.807, 2.05) is 32.0 Å². The summed E-state index contributed by atoms with van der Waals surface area (Å²) < 4.78 is 7.26. The molecule has 1 atom stereocenters. The Morgan fingerprint density at radius 1 is 1.06 bits per heavy atom. The van der Waals surface area contributed by atoms with Gasteiger partial charge in [0.1, 0.15) is 5.75 Å². The number of benzene rings is 2. The number of hydrogen-bond donors (Lipinski definition) is 1. The average Bonchev–Trinajstić information content (AvgIpc) is 3.30. The van der Waals surface area contributed by atoms with Crippen molar-refractivity contribution in [3.8, 4) is 22.6 Å². The van der Waals surface area contributed by atoms with Gasteiger partial charge in [-0.25, -0.2) is 4.79 Å². The first kappa shape index (κ1) is 22.3. The number of amides is 1.